The van der Waals surface area contributed by atoms with E-state index in [4.69, 9.17) is 4.74 Å². The lowest BCUT2D eigenvalue weighted by molar-refractivity contribution is 0.193. The van der Waals surface area contributed by atoms with E-state index in [9.17, 15) is 4.79 Å². The predicted molar refractivity (Wildman–Crippen MR) is 55.8 cm³/mol. The minimum Gasteiger partial charge on any atom is -0.381 e. The van der Waals surface area contributed by atoms with E-state index in [0.29, 0.717) is 10.2 Å². The number of nitrogens with one attached hydrogen (secondary N) is 1. The summed E-state index contributed by atoms with van der Waals surface area (Å²) in [5.74, 6) is 1.02. The Morgan fingerprint density at radius 2 is 2.54 bits per heavy atom. The van der Waals surface area contributed by atoms with Gasteiger partial charge >= 0.3 is 0 Å². The van der Waals surface area contributed by atoms with Gasteiger partial charge in [-0.3, -0.25) is 4.79 Å². The van der Waals surface area contributed by atoms with E-state index in [0.717, 1.165) is 18.9 Å². The van der Waals surface area contributed by atoms with Crippen molar-refractivity contribution < 1.29 is 4.74 Å². The number of rotatable bonds is 1. The van der Waals surface area contributed by atoms with Crippen LogP contribution in [0.3, 0.4) is 0 Å². The molecule has 5 heteroatoms. The van der Waals surface area contributed by atoms with E-state index in [1.807, 2.05) is 22.6 Å². The van der Waals surface area contributed by atoms with Gasteiger partial charge in [-0.1, -0.05) is 0 Å². The summed E-state index contributed by atoms with van der Waals surface area (Å²) in [4.78, 5) is 18.2. The highest BCUT2D eigenvalue weighted by Gasteiger charge is 2.19. The number of aromatic nitrogens is 2. The Morgan fingerprint density at radius 3 is 3.15 bits per heavy atom. The first-order valence-electron chi connectivity index (χ1n) is 4.10. The maximum atomic E-state index is 11.3. The number of H-pyrrole nitrogens is 1. The lowest BCUT2D eigenvalue weighted by Gasteiger charge is -2.05. The van der Waals surface area contributed by atoms with Gasteiger partial charge in [-0.15, -0.1) is 0 Å². The molecular formula is C8H9IN2O2. The van der Waals surface area contributed by atoms with Crippen LogP contribution in [0.15, 0.2) is 11.0 Å². The van der Waals surface area contributed by atoms with E-state index in [-0.39, 0.29) is 11.5 Å². The standard InChI is InChI=1S/C8H9IN2O2/c9-6-3-10-7(11-8(6)12)5-1-2-13-4-5/h3,5H,1-2,4H2,(H,10,11,12). The van der Waals surface area contributed by atoms with Crippen molar-refractivity contribution in [2.75, 3.05) is 13.2 Å². The van der Waals surface area contributed by atoms with Gasteiger partial charge in [0.1, 0.15) is 5.82 Å². The molecule has 0 amide bonds. The summed E-state index contributed by atoms with van der Waals surface area (Å²) in [6.07, 6.45) is 2.55. The molecule has 13 heavy (non-hydrogen) atoms. The molecule has 70 valence electrons. The number of hydrogen-bond acceptors (Lipinski definition) is 3. The van der Waals surface area contributed by atoms with Crippen LogP contribution in [-0.4, -0.2) is 23.2 Å². The van der Waals surface area contributed by atoms with E-state index in [2.05, 4.69) is 9.97 Å². The highest BCUT2D eigenvalue weighted by atomic mass is 127. The van der Waals surface area contributed by atoms with Crippen LogP contribution in [0.5, 0.6) is 0 Å². The number of nitrogens with zero attached hydrogens (tertiary/aromatic N) is 1. The van der Waals surface area contributed by atoms with Crippen LogP contribution in [0.4, 0.5) is 0 Å². The van der Waals surface area contributed by atoms with Crippen molar-refractivity contribution in [1.29, 1.82) is 0 Å². The van der Waals surface area contributed by atoms with Gasteiger partial charge in [-0.25, -0.2) is 4.98 Å². The van der Waals surface area contributed by atoms with Gasteiger partial charge in [0.25, 0.3) is 5.56 Å². The second kappa shape index (κ2) is 3.75. The average Bonchev–Trinajstić information content (AvgIpc) is 2.62. The van der Waals surface area contributed by atoms with E-state index in [1.54, 1.807) is 6.20 Å². The Bertz CT molecular complexity index is 357. The maximum absolute atomic E-state index is 11.3. The van der Waals surface area contributed by atoms with Gasteiger partial charge in [0.15, 0.2) is 0 Å². The third-order valence-corrected chi connectivity index (χ3v) is 2.86. The fraction of sp³-hybridized carbons (Fsp3) is 0.500. The highest BCUT2D eigenvalue weighted by molar-refractivity contribution is 14.1. The van der Waals surface area contributed by atoms with Crippen LogP contribution in [0.2, 0.25) is 0 Å². The Labute approximate surface area is 88.9 Å². The zero-order valence-corrected chi connectivity index (χ0v) is 9.08. The zero-order valence-electron chi connectivity index (χ0n) is 6.92. The number of hydrogen-bond donors (Lipinski definition) is 1. The topological polar surface area (TPSA) is 55.0 Å². The van der Waals surface area contributed by atoms with Gasteiger partial charge in [-0.2, -0.15) is 0 Å². The van der Waals surface area contributed by atoms with E-state index < -0.39 is 0 Å². The molecule has 0 bridgehead atoms. The lowest BCUT2D eigenvalue weighted by atomic mass is 10.1. The maximum Gasteiger partial charge on any atom is 0.264 e. The predicted octanol–water partition coefficient (Wildman–Crippen LogP) is 0.878. The van der Waals surface area contributed by atoms with Crippen molar-refractivity contribution in [3.63, 3.8) is 0 Å². The quantitative estimate of drug-likeness (QED) is 0.782. The van der Waals surface area contributed by atoms with Crippen molar-refractivity contribution in [2.24, 2.45) is 0 Å². The Kier molecular flexibility index (Phi) is 2.63. The Morgan fingerprint density at radius 1 is 1.69 bits per heavy atom. The van der Waals surface area contributed by atoms with Crippen molar-refractivity contribution in [3.05, 3.63) is 25.9 Å². The molecular weight excluding hydrogens is 283 g/mol. The average molecular weight is 292 g/mol. The fourth-order valence-corrected chi connectivity index (χ4v) is 1.62. The van der Waals surface area contributed by atoms with Crippen molar-refractivity contribution >= 4 is 22.6 Å². The summed E-state index contributed by atoms with van der Waals surface area (Å²) in [6, 6.07) is 0. The molecule has 1 saturated heterocycles. The molecule has 1 atom stereocenters. The van der Waals surface area contributed by atoms with Crippen LogP contribution >= 0.6 is 22.6 Å². The molecule has 1 fully saturated rings. The first-order valence-corrected chi connectivity index (χ1v) is 5.17. The van der Waals surface area contributed by atoms with Crippen molar-refractivity contribution in [1.82, 2.24) is 9.97 Å². The SMILES string of the molecule is O=c1[nH]c(C2CCOC2)ncc1I. The lowest BCUT2D eigenvalue weighted by Crippen LogP contribution is -2.16. The van der Waals surface area contributed by atoms with E-state index >= 15 is 0 Å². The molecule has 2 heterocycles. The second-order valence-electron chi connectivity index (χ2n) is 3.01. The van der Waals surface area contributed by atoms with E-state index in [1.165, 1.54) is 0 Å². The third-order valence-electron chi connectivity index (χ3n) is 2.09. The summed E-state index contributed by atoms with van der Waals surface area (Å²) in [6.45, 7) is 1.43. The van der Waals surface area contributed by atoms with Crippen LogP contribution in [0.1, 0.15) is 18.2 Å². The summed E-state index contributed by atoms with van der Waals surface area (Å²) in [7, 11) is 0. The van der Waals surface area contributed by atoms with Crippen LogP contribution in [0, 0.1) is 3.57 Å². The third kappa shape index (κ3) is 1.91. The first kappa shape index (κ1) is 9.14. The molecule has 1 aliphatic rings. The van der Waals surface area contributed by atoms with Crippen molar-refractivity contribution in [2.45, 2.75) is 12.3 Å². The molecule has 0 spiro atoms. The number of aromatic amines is 1. The normalized spacial score (nSPS) is 22.1. The molecule has 1 aromatic heterocycles. The first-order chi connectivity index (χ1) is 6.27. The molecule has 0 radical (unpaired) electrons. The molecule has 1 aromatic rings. The molecule has 1 N–H and O–H groups in total. The van der Waals surface area contributed by atoms with Crippen molar-refractivity contribution in [3.8, 4) is 0 Å². The second-order valence-corrected chi connectivity index (χ2v) is 4.17. The largest absolute Gasteiger partial charge is 0.381 e. The molecule has 4 nitrogen and oxygen atoms in total. The Hall–Kier alpha value is -0.430. The van der Waals surface area contributed by atoms with Crippen LogP contribution in [0.25, 0.3) is 0 Å². The fourth-order valence-electron chi connectivity index (χ4n) is 1.35. The Balaban J connectivity index is 2.30. The van der Waals surface area contributed by atoms with Gasteiger partial charge in [-0.05, 0) is 29.0 Å². The van der Waals surface area contributed by atoms with Gasteiger partial charge in [0, 0.05) is 18.7 Å². The molecule has 0 aromatic carbocycles. The smallest absolute Gasteiger partial charge is 0.264 e. The molecule has 0 aliphatic carbocycles. The molecule has 2 rings (SSSR count). The number of halogens is 1. The van der Waals surface area contributed by atoms with Gasteiger partial charge in [0.05, 0.1) is 10.2 Å². The molecule has 1 unspecified atom stereocenters. The van der Waals surface area contributed by atoms with Crippen LogP contribution in [-0.2, 0) is 4.74 Å². The minimum absolute atomic E-state index is 0.0579. The minimum atomic E-state index is -0.0579. The summed E-state index contributed by atoms with van der Waals surface area (Å²) in [5, 5.41) is 0. The zero-order chi connectivity index (χ0) is 9.26. The van der Waals surface area contributed by atoms with Gasteiger partial charge in [0.2, 0.25) is 0 Å². The number of ether oxygens (including phenoxy) is 1. The highest BCUT2D eigenvalue weighted by Crippen LogP contribution is 2.20. The van der Waals surface area contributed by atoms with Crippen LogP contribution < -0.4 is 5.56 Å². The monoisotopic (exact) mass is 292 g/mol. The molecule has 1 aliphatic heterocycles. The summed E-state index contributed by atoms with van der Waals surface area (Å²) in [5.41, 5.74) is -0.0579. The van der Waals surface area contributed by atoms with Gasteiger partial charge < -0.3 is 9.72 Å². The summed E-state index contributed by atoms with van der Waals surface area (Å²) >= 11 is 1.97. The summed E-state index contributed by atoms with van der Waals surface area (Å²) < 4.78 is 5.84. The molecule has 0 saturated carbocycles.